The molecule has 2 fully saturated rings. The number of likely N-dealkylation sites (tertiary alicyclic amines) is 1. The number of amides is 1. The summed E-state index contributed by atoms with van der Waals surface area (Å²) in [6.07, 6.45) is 4.61. The van der Waals surface area contributed by atoms with Gasteiger partial charge in [0.1, 0.15) is 11.8 Å². The number of aromatic nitrogens is 1. The lowest BCUT2D eigenvalue weighted by Gasteiger charge is -2.36. The molecule has 4 atom stereocenters. The van der Waals surface area contributed by atoms with Crippen LogP contribution in [-0.4, -0.2) is 53.2 Å². The van der Waals surface area contributed by atoms with E-state index >= 15 is 0 Å². The molecular formula is C30H40ClN3O5. The number of carboxylic acids is 1. The first-order valence-electron chi connectivity index (χ1n) is 13.7. The Kier molecular flexibility index (Phi) is 9.07. The van der Waals surface area contributed by atoms with E-state index in [0.717, 1.165) is 37.7 Å². The zero-order valence-corrected chi connectivity index (χ0v) is 24.2. The Labute approximate surface area is 236 Å². The number of carboxylic acid groups (broad SMARTS) is 1. The molecule has 9 heteroatoms. The molecule has 2 aliphatic rings. The Bertz CT molecular complexity index is 1180. The van der Waals surface area contributed by atoms with Gasteiger partial charge in [-0.1, -0.05) is 63.8 Å². The molecule has 0 spiro atoms. The van der Waals surface area contributed by atoms with Crippen LogP contribution in [0.2, 0.25) is 5.02 Å². The van der Waals surface area contributed by atoms with Crippen LogP contribution in [0.15, 0.2) is 36.4 Å². The highest BCUT2D eigenvalue weighted by Gasteiger charge is 2.59. The van der Waals surface area contributed by atoms with E-state index in [-0.39, 0.29) is 11.8 Å². The van der Waals surface area contributed by atoms with Crippen LogP contribution in [0.25, 0.3) is 0 Å². The van der Waals surface area contributed by atoms with Crippen LogP contribution in [0.3, 0.4) is 0 Å². The highest BCUT2D eigenvalue weighted by atomic mass is 35.5. The third-order valence-corrected chi connectivity index (χ3v) is 8.40. The summed E-state index contributed by atoms with van der Waals surface area (Å²) < 4.78 is 11.0. The molecule has 2 aromatic rings. The molecule has 1 aliphatic carbocycles. The zero-order valence-electron chi connectivity index (χ0n) is 23.4. The van der Waals surface area contributed by atoms with E-state index in [2.05, 4.69) is 5.32 Å². The van der Waals surface area contributed by atoms with E-state index in [1.807, 2.05) is 39.0 Å². The van der Waals surface area contributed by atoms with Gasteiger partial charge in [0, 0.05) is 41.1 Å². The molecule has 1 saturated heterocycles. The van der Waals surface area contributed by atoms with Crippen molar-refractivity contribution in [2.45, 2.75) is 77.5 Å². The molecule has 1 aliphatic heterocycles. The first-order valence-corrected chi connectivity index (χ1v) is 14.1. The highest BCUT2D eigenvalue weighted by molar-refractivity contribution is 6.30. The average molecular weight is 558 g/mol. The first kappa shape index (κ1) is 29.2. The van der Waals surface area contributed by atoms with E-state index in [1.165, 1.54) is 0 Å². The second kappa shape index (κ2) is 12.1. The number of pyridine rings is 1. The molecule has 8 nitrogen and oxygen atoms in total. The van der Waals surface area contributed by atoms with Crippen molar-refractivity contribution in [2.24, 2.45) is 17.3 Å². The lowest BCUT2D eigenvalue weighted by molar-refractivity contribution is -0.154. The standard InChI is InChI=1S/C30H40ClN3O5/c1-30(2,3)24-25(32-17-19-14-15-20(31)16-22(19)38-4)26(21-12-9-13-23(33-21)39-5)34(27(24)29(36)37)28(35)18-10-7-6-8-11-18/h9,12-16,18,24-27,32H,6-8,10-11,17H2,1-5H3,(H,36,37). The highest BCUT2D eigenvalue weighted by Crippen LogP contribution is 2.49. The van der Waals surface area contributed by atoms with E-state index < -0.39 is 35.4 Å². The number of carbonyl (C=O) groups excluding carboxylic acids is 1. The Hall–Kier alpha value is -2.84. The second-order valence-electron chi connectivity index (χ2n) is 11.7. The maximum Gasteiger partial charge on any atom is 0.326 e. The minimum atomic E-state index is -1.01. The Morgan fingerprint density at radius 1 is 1.10 bits per heavy atom. The number of rotatable bonds is 8. The lowest BCUT2D eigenvalue weighted by Crippen LogP contribution is -2.49. The molecule has 2 N–H and O–H groups in total. The van der Waals surface area contributed by atoms with Gasteiger partial charge in [0.25, 0.3) is 0 Å². The van der Waals surface area contributed by atoms with Crippen LogP contribution in [0, 0.1) is 17.3 Å². The van der Waals surface area contributed by atoms with Crippen LogP contribution < -0.4 is 14.8 Å². The summed E-state index contributed by atoms with van der Waals surface area (Å²) in [5.41, 5.74) is 1.05. The van der Waals surface area contributed by atoms with Crippen LogP contribution in [-0.2, 0) is 16.1 Å². The summed E-state index contributed by atoms with van der Waals surface area (Å²) in [6, 6.07) is 8.89. The monoisotopic (exact) mass is 557 g/mol. The van der Waals surface area contributed by atoms with Crippen molar-refractivity contribution in [3.63, 3.8) is 0 Å². The van der Waals surface area contributed by atoms with Crippen LogP contribution >= 0.6 is 11.6 Å². The Morgan fingerprint density at radius 3 is 2.44 bits per heavy atom. The summed E-state index contributed by atoms with van der Waals surface area (Å²) >= 11 is 6.19. The van der Waals surface area contributed by atoms with Crippen LogP contribution in [0.5, 0.6) is 11.6 Å². The van der Waals surface area contributed by atoms with Crippen molar-refractivity contribution >= 4 is 23.5 Å². The molecule has 1 aromatic heterocycles. The molecule has 1 aromatic carbocycles. The fraction of sp³-hybridized carbons (Fsp3) is 0.567. The largest absolute Gasteiger partial charge is 0.496 e. The van der Waals surface area contributed by atoms with Crippen molar-refractivity contribution in [3.05, 3.63) is 52.7 Å². The first-order chi connectivity index (χ1) is 18.6. The summed E-state index contributed by atoms with van der Waals surface area (Å²) in [5, 5.41) is 14.9. The van der Waals surface area contributed by atoms with Crippen molar-refractivity contribution in [1.29, 1.82) is 0 Å². The van der Waals surface area contributed by atoms with Gasteiger partial charge in [0.2, 0.25) is 11.8 Å². The minimum Gasteiger partial charge on any atom is -0.496 e. The molecule has 4 unspecified atom stereocenters. The van der Waals surface area contributed by atoms with E-state index in [1.54, 1.807) is 37.3 Å². The van der Waals surface area contributed by atoms with Gasteiger partial charge in [-0.3, -0.25) is 4.79 Å². The number of methoxy groups -OCH3 is 2. The fourth-order valence-corrected chi connectivity index (χ4v) is 6.56. The van der Waals surface area contributed by atoms with Gasteiger partial charge >= 0.3 is 5.97 Å². The van der Waals surface area contributed by atoms with E-state index in [9.17, 15) is 14.7 Å². The molecule has 212 valence electrons. The molecule has 1 saturated carbocycles. The molecule has 2 heterocycles. The summed E-state index contributed by atoms with van der Waals surface area (Å²) in [4.78, 5) is 33.6. The number of benzene rings is 1. The Balaban J connectivity index is 1.83. The van der Waals surface area contributed by atoms with Gasteiger partial charge in [-0.05, 0) is 36.5 Å². The van der Waals surface area contributed by atoms with Gasteiger partial charge in [0.15, 0.2) is 0 Å². The lowest BCUT2D eigenvalue weighted by atomic mass is 9.72. The summed E-state index contributed by atoms with van der Waals surface area (Å²) in [7, 11) is 3.14. The number of aliphatic carboxylic acids is 1. The molecule has 39 heavy (non-hydrogen) atoms. The number of hydrogen-bond donors (Lipinski definition) is 2. The normalized spacial score (nSPS) is 24.0. The van der Waals surface area contributed by atoms with E-state index in [0.29, 0.717) is 28.9 Å². The van der Waals surface area contributed by atoms with Crippen LogP contribution in [0.4, 0.5) is 0 Å². The summed E-state index contributed by atoms with van der Waals surface area (Å²) in [5.74, 6) is -0.633. The summed E-state index contributed by atoms with van der Waals surface area (Å²) in [6.45, 7) is 6.51. The van der Waals surface area contributed by atoms with Gasteiger partial charge < -0.3 is 24.8 Å². The molecular weight excluding hydrogens is 518 g/mol. The Morgan fingerprint density at radius 2 is 1.82 bits per heavy atom. The van der Waals surface area contributed by atoms with Gasteiger partial charge in [-0.2, -0.15) is 0 Å². The van der Waals surface area contributed by atoms with Crippen molar-refractivity contribution in [2.75, 3.05) is 14.2 Å². The maximum absolute atomic E-state index is 14.2. The molecule has 0 radical (unpaired) electrons. The number of nitrogens with zero attached hydrogens (tertiary/aromatic N) is 2. The second-order valence-corrected chi connectivity index (χ2v) is 12.1. The van der Waals surface area contributed by atoms with Gasteiger partial charge in [0.05, 0.1) is 26.0 Å². The van der Waals surface area contributed by atoms with Crippen molar-refractivity contribution in [1.82, 2.24) is 15.2 Å². The number of ether oxygens (including phenoxy) is 2. The number of hydrogen-bond acceptors (Lipinski definition) is 6. The minimum absolute atomic E-state index is 0.0978. The predicted molar refractivity (Wildman–Crippen MR) is 150 cm³/mol. The molecule has 4 rings (SSSR count). The number of nitrogens with one attached hydrogen (secondary N) is 1. The fourth-order valence-electron chi connectivity index (χ4n) is 6.40. The van der Waals surface area contributed by atoms with E-state index in [4.69, 9.17) is 26.1 Å². The molecule has 0 bridgehead atoms. The van der Waals surface area contributed by atoms with Crippen molar-refractivity contribution < 1.29 is 24.2 Å². The maximum atomic E-state index is 14.2. The third-order valence-electron chi connectivity index (χ3n) is 8.16. The number of halogens is 1. The number of carbonyl (C=O) groups is 2. The topological polar surface area (TPSA) is 101 Å². The average Bonchev–Trinajstić information content (AvgIpc) is 3.28. The predicted octanol–water partition coefficient (Wildman–Crippen LogP) is 5.49. The van der Waals surface area contributed by atoms with Gasteiger partial charge in [-0.15, -0.1) is 0 Å². The van der Waals surface area contributed by atoms with Gasteiger partial charge in [-0.25, -0.2) is 9.78 Å². The SMILES string of the molecule is COc1cccc(C2C(NCc3ccc(Cl)cc3OC)C(C(C)(C)C)C(C(=O)O)N2C(=O)C2CCCCC2)n1. The zero-order chi connectivity index (χ0) is 28.3. The van der Waals surface area contributed by atoms with Crippen LogP contribution in [0.1, 0.15) is 70.2 Å². The molecule has 1 amide bonds. The third kappa shape index (κ3) is 6.17. The van der Waals surface area contributed by atoms with Crippen molar-refractivity contribution in [3.8, 4) is 11.6 Å². The quantitative estimate of drug-likeness (QED) is 0.442. The smallest absolute Gasteiger partial charge is 0.326 e.